The number of benzene rings is 1. The van der Waals surface area contributed by atoms with Crippen LogP contribution in [0.4, 0.5) is 10.5 Å². The Morgan fingerprint density at radius 3 is 2.86 bits per heavy atom. The Kier molecular flexibility index (Phi) is 4.06. The van der Waals surface area contributed by atoms with Crippen molar-refractivity contribution in [3.63, 3.8) is 0 Å². The van der Waals surface area contributed by atoms with Crippen molar-refractivity contribution in [3.05, 3.63) is 30.3 Å². The molecule has 6 nitrogen and oxygen atoms in total. The van der Waals surface area contributed by atoms with Crippen molar-refractivity contribution in [2.45, 2.75) is 25.0 Å². The Labute approximate surface area is 123 Å². The van der Waals surface area contributed by atoms with Crippen molar-refractivity contribution in [3.8, 4) is 0 Å². The predicted molar refractivity (Wildman–Crippen MR) is 76.0 cm³/mol. The van der Waals surface area contributed by atoms with Crippen LogP contribution in [0.3, 0.4) is 0 Å². The molecule has 0 radical (unpaired) electrons. The van der Waals surface area contributed by atoms with Gasteiger partial charge in [0.2, 0.25) is 5.91 Å². The van der Waals surface area contributed by atoms with E-state index in [1.807, 2.05) is 30.3 Å². The van der Waals surface area contributed by atoms with Crippen molar-refractivity contribution in [1.29, 1.82) is 0 Å². The second kappa shape index (κ2) is 6.13. The molecule has 2 heterocycles. The number of carbonyl (C=O) groups is 2. The molecule has 3 rings (SSSR count). The molecule has 2 unspecified atom stereocenters. The fraction of sp³-hybridized carbons (Fsp3) is 0.467. The number of hydrogen-bond donors (Lipinski definition) is 1. The maximum Gasteiger partial charge on any atom is 0.414 e. The van der Waals surface area contributed by atoms with Gasteiger partial charge in [0.15, 0.2) is 0 Å². The lowest BCUT2D eigenvalue weighted by Gasteiger charge is -2.14. The van der Waals surface area contributed by atoms with Gasteiger partial charge in [-0.3, -0.25) is 9.69 Å². The van der Waals surface area contributed by atoms with Gasteiger partial charge >= 0.3 is 6.09 Å². The first-order valence-corrected chi connectivity index (χ1v) is 7.16. The van der Waals surface area contributed by atoms with Crippen LogP contribution in [-0.2, 0) is 14.3 Å². The van der Waals surface area contributed by atoms with E-state index >= 15 is 0 Å². The highest BCUT2D eigenvalue weighted by Crippen LogP contribution is 2.20. The summed E-state index contributed by atoms with van der Waals surface area (Å²) in [4.78, 5) is 25.3. The van der Waals surface area contributed by atoms with E-state index in [0.717, 1.165) is 18.5 Å². The van der Waals surface area contributed by atoms with Crippen LogP contribution in [0.1, 0.15) is 12.8 Å². The fourth-order valence-electron chi connectivity index (χ4n) is 2.56. The first kappa shape index (κ1) is 13.9. The molecule has 2 aliphatic rings. The summed E-state index contributed by atoms with van der Waals surface area (Å²) in [5.41, 5.74) is 0.801. The lowest BCUT2D eigenvalue weighted by molar-refractivity contribution is -0.130. The van der Waals surface area contributed by atoms with Crippen LogP contribution in [-0.4, -0.2) is 43.9 Å². The predicted octanol–water partition coefficient (Wildman–Crippen LogP) is 1.31. The molecule has 112 valence electrons. The average molecular weight is 290 g/mol. The van der Waals surface area contributed by atoms with Gasteiger partial charge in [-0.2, -0.15) is 0 Å². The molecule has 2 fully saturated rings. The molecule has 6 heteroatoms. The zero-order chi connectivity index (χ0) is 14.7. The highest BCUT2D eigenvalue weighted by Gasteiger charge is 2.33. The van der Waals surface area contributed by atoms with E-state index in [0.29, 0.717) is 19.7 Å². The van der Waals surface area contributed by atoms with E-state index in [1.165, 1.54) is 0 Å². The van der Waals surface area contributed by atoms with Crippen LogP contribution in [0, 0.1) is 0 Å². The summed E-state index contributed by atoms with van der Waals surface area (Å²) in [5, 5.41) is 2.79. The fourth-order valence-corrected chi connectivity index (χ4v) is 2.56. The number of rotatable bonds is 4. The van der Waals surface area contributed by atoms with E-state index in [1.54, 1.807) is 4.90 Å². The summed E-state index contributed by atoms with van der Waals surface area (Å²) in [7, 11) is 0. The molecule has 0 aromatic heterocycles. The topological polar surface area (TPSA) is 67.9 Å². The van der Waals surface area contributed by atoms with E-state index in [2.05, 4.69) is 5.32 Å². The normalized spacial score (nSPS) is 25.0. The molecule has 0 aliphatic carbocycles. The Bertz CT molecular complexity index is 514. The summed E-state index contributed by atoms with van der Waals surface area (Å²) in [6.07, 6.45) is 0.609. The molecule has 0 saturated carbocycles. The summed E-state index contributed by atoms with van der Waals surface area (Å²) >= 11 is 0. The standard InChI is InChI=1S/C15H18N2O4/c18-14(13-7-4-8-20-13)16-9-12-10-17(15(19)21-12)11-5-2-1-3-6-11/h1-3,5-6,12-13H,4,7-10H2,(H,16,18). The number of carbonyl (C=O) groups excluding carboxylic acids is 2. The minimum absolute atomic E-state index is 0.123. The lowest BCUT2D eigenvalue weighted by atomic mass is 10.2. The van der Waals surface area contributed by atoms with Crippen molar-refractivity contribution in [2.75, 3.05) is 24.6 Å². The molecule has 1 aromatic carbocycles. The second-order valence-electron chi connectivity index (χ2n) is 5.20. The number of ether oxygens (including phenoxy) is 2. The van der Waals surface area contributed by atoms with Gasteiger partial charge in [-0.15, -0.1) is 0 Å². The minimum atomic E-state index is -0.377. The Hall–Kier alpha value is -2.08. The van der Waals surface area contributed by atoms with Crippen molar-refractivity contribution < 1.29 is 19.1 Å². The largest absolute Gasteiger partial charge is 0.442 e. The van der Waals surface area contributed by atoms with Gasteiger partial charge in [-0.1, -0.05) is 18.2 Å². The molecule has 0 spiro atoms. The number of hydrogen-bond acceptors (Lipinski definition) is 4. The Morgan fingerprint density at radius 2 is 2.14 bits per heavy atom. The van der Waals surface area contributed by atoms with E-state index < -0.39 is 0 Å². The lowest BCUT2D eigenvalue weighted by Crippen LogP contribution is -2.40. The van der Waals surface area contributed by atoms with E-state index in [-0.39, 0.29) is 24.2 Å². The van der Waals surface area contributed by atoms with Gasteiger partial charge < -0.3 is 14.8 Å². The third-order valence-corrected chi connectivity index (χ3v) is 3.67. The molecule has 2 atom stereocenters. The second-order valence-corrected chi connectivity index (χ2v) is 5.20. The van der Waals surface area contributed by atoms with Gasteiger partial charge in [-0.25, -0.2) is 4.79 Å². The van der Waals surface area contributed by atoms with E-state index in [4.69, 9.17) is 9.47 Å². The zero-order valence-corrected chi connectivity index (χ0v) is 11.7. The first-order valence-electron chi connectivity index (χ1n) is 7.16. The van der Waals surface area contributed by atoms with Crippen LogP contribution < -0.4 is 10.2 Å². The number of anilines is 1. The maximum absolute atomic E-state index is 11.9. The number of cyclic esters (lactones) is 1. The molecule has 2 saturated heterocycles. The third kappa shape index (κ3) is 3.16. The van der Waals surface area contributed by atoms with Crippen molar-refractivity contribution in [2.24, 2.45) is 0 Å². The van der Waals surface area contributed by atoms with Crippen LogP contribution >= 0.6 is 0 Å². The maximum atomic E-state index is 11.9. The SMILES string of the molecule is O=C(NCC1CN(c2ccccc2)C(=O)O1)C1CCCO1. The number of nitrogens with one attached hydrogen (secondary N) is 1. The van der Waals surface area contributed by atoms with Gasteiger partial charge in [0.25, 0.3) is 0 Å². The zero-order valence-electron chi connectivity index (χ0n) is 11.7. The number of para-hydroxylation sites is 1. The van der Waals surface area contributed by atoms with Gasteiger partial charge in [0.05, 0.1) is 13.1 Å². The molecule has 0 bridgehead atoms. The smallest absolute Gasteiger partial charge is 0.414 e. The summed E-state index contributed by atoms with van der Waals surface area (Å²) < 4.78 is 10.6. The van der Waals surface area contributed by atoms with Crippen molar-refractivity contribution in [1.82, 2.24) is 5.32 Å². The molecular weight excluding hydrogens is 272 g/mol. The third-order valence-electron chi connectivity index (χ3n) is 3.67. The highest BCUT2D eigenvalue weighted by molar-refractivity contribution is 5.89. The van der Waals surface area contributed by atoms with Crippen LogP contribution in [0.2, 0.25) is 0 Å². The monoisotopic (exact) mass is 290 g/mol. The minimum Gasteiger partial charge on any atom is -0.442 e. The highest BCUT2D eigenvalue weighted by atomic mass is 16.6. The Balaban J connectivity index is 1.52. The van der Waals surface area contributed by atoms with Crippen LogP contribution in [0.15, 0.2) is 30.3 Å². The average Bonchev–Trinajstić information content (AvgIpc) is 3.15. The molecular formula is C15H18N2O4. The van der Waals surface area contributed by atoms with Crippen LogP contribution in [0.5, 0.6) is 0 Å². The quantitative estimate of drug-likeness (QED) is 0.907. The Morgan fingerprint density at radius 1 is 1.33 bits per heavy atom. The summed E-state index contributed by atoms with van der Waals surface area (Å²) in [6.45, 7) is 1.39. The molecule has 1 N–H and O–H groups in total. The number of nitrogens with zero attached hydrogens (tertiary/aromatic N) is 1. The molecule has 21 heavy (non-hydrogen) atoms. The molecule has 2 amide bonds. The van der Waals surface area contributed by atoms with Gasteiger partial charge in [-0.05, 0) is 25.0 Å². The van der Waals surface area contributed by atoms with Crippen LogP contribution in [0.25, 0.3) is 0 Å². The van der Waals surface area contributed by atoms with Gasteiger partial charge in [0, 0.05) is 12.3 Å². The molecule has 2 aliphatic heterocycles. The van der Waals surface area contributed by atoms with Gasteiger partial charge in [0.1, 0.15) is 12.2 Å². The first-order chi connectivity index (χ1) is 10.2. The van der Waals surface area contributed by atoms with Crippen molar-refractivity contribution >= 4 is 17.7 Å². The molecule has 1 aromatic rings. The summed E-state index contributed by atoms with van der Waals surface area (Å²) in [5.74, 6) is -0.123. The summed E-state index contributed by atoms with van der Waals surface area (Å²) in [6, 6.07) is 9.34. The number of amides is 2. The van der Waals surface area contributed by atoms with E-state index in [9.17, 15) is 9.59 Å².